The van der Waals surface area contributed by atoms with Crippen molar-refractivity contribution < 1.29 is 4.79 Å². The lowest BCUT2D eigenvalue weighted by Gasteiger charge is -2.15. The summed E-state index contributed by atoms with van der Waals surface area (Å²) < 4.78 is 2.16. The Bertz CT molecular complexity index is 1790. The first kappa shape index (κ1) is 27.4. The van der Waals surface area contributed by atoms with Crippen molar-refractivity contribution in [3.8, 4) is 0 Å². The summed E-state index contributed by atoms with van der Waals surface area (Å²) in [6, 6.07) is 32.0. The molecule has 6 rings (SSSR count). The molecular formula is C34H27Cl2N3OS. The van der Waals surface area contributed by atoms with Crippen molar-refractivity contribution in [3.63, 3.8) is 0 Å². The lowest BCUT2D eigenvalue weighted by molar-refractivity contribution is -0.122. The average Bonchev–Trinajstić information content (AvgIpc) is 3.47. The Morgan fingerprint density at radius 2 is 1.66 bits per heavy atom. The van der Waals surface area contributed by atoms with E-state index in [0.29, 0.717) is 33.2 Å². The van der Waals surface area contributed by atoms with Gasteiger partial charge in [-0.25, -0.2) is 4.99 Å². The van der Waals surface area contributed by atoms with E-state index in [2.05, 4.69) is 42.0 Å². The molecule has 5 aromatic rings. The number of aromatic nitrogens is 1. The van der Waals surface area contributed by atoms with Gasteiger partial charge in [-0.15, -0.1) is 0 Å². The van der Waals surface area contributed by atoms with Crippen LogP contribution in [0.1, 0.15) is 22.3 Å². The molecular weight excluding hydrogens is 569 g/mol. The van der Waals surface area contributed by atoms with Crippen LogP contribution in [0, 0.1) is 6.92 Å². The fraction of sp³-hybridized carbons (Fsp3) is 0.118. The molecule has 1 amide bonds. The molecule has 7 heteroatoms. The summed E-state index contributed by atoms with van der Waals surface area (Å²) >= 11 is 14.0. The first-order chi connectivity index (χ1) is 19.9. The molecule has 204 valence electrons. The van der Waals surface area contributed by atoms with Gasteiger partial charge >= 0.3 is 0 Å². The minimum atomic E-state index is -0.0330. The van der Waals surface area contributed by atoms with Gasteiger partial charge in [0.1, 0.15) is 0 Å². The average molecular weight is 597 g/mol. The monoisotopic (exact) mass is 595 g/mol. The van der Waals surface area contributed by atoms with Crippen LogP contribution in [0.2, 0.25) is 10.0 Å². The fourth-order valence-corrected chi connectivity index (χ4v) is 6.38. The van der Waals surface area contributed by atoms with E-state index in [1.54, 1.807) is 11.0 Å². The van der Waals surface area contributed by atoms with Crippen LogP contribution in [0.3, 0.4) is 0 Å². The van der Waals surface area contributed by atoms with E-state index in [-0.39, 0.29) is 5.91 Å². The highest BCUT2D eigenvalue weighted by atomic mass is 35.5. The number of halogens is 2. The third kappa shape index (κ3) is 6.13. The van der Waals surface area contributed by atoms with Crippen molar-refractivity contribution in [2.75, 3.05) is 6.54 Å². The second-order valence-corrected chi connectivity index (χ2v) is 11.9. The summed E-state index contributed by atoms with van der Waals surface area (Å²) in [5.74, 6) is -0.0330. The van der Waals surface area contributed by atoms with Gasteiger partial charge in [-0.2, -0.15) is 0 Å². The maximum Gasteiger partial charge on any atom is 0.266 e. The topological polar surface area (TPSA) is 37.6 Å². The van der Waals surface area contributed by atoms with Crippen molar-refractivity contribution in [2.24, 2.45) is 4.99 Å². The molecule has 0 N–H and O–H groups in total. The molecule has 0 saturated carbocycles. The van der Waals surface area contributed by atoms with Gasteiger partial charge in [0.05, 0.1) is 10.6 Å². The van der Waals surface area contributed by atoms with Gasteiger partial charge < -0.3 is 4.57 Å². The van der Waals surface area contributed by atoms with Crippen LogP contribution in [0.25, 0.3) is 17.0 Å². The first-order valence-electron chi connectivity index (χ1n) is 13.4. The summed E-state index contributed by atoms with van der Waals surface area (Å²) in [7, 11) is 0. The van der Waals surface area contributed by atoms with Gasteiger partial charge in [0, 0.05) is 45.8 Å². The quantitative estimate of drug-likeness (QED) is 0.176. The number of para-hydroxylation sites is 1. The van der Waals surface area contributed by atoms with Crippen LogP contribution in [-0.4, -0.2) is 27.1 Å². The molecule has 2 heterocycles. The summed E-state index contributed by atoms with van der Waals surface area (Å²) in [6.07, 6.45) is 4.82. The van der Waals surface area contributed by atoms with E-state index in [4.69, 9.17) is 28.2 Å². The molecule has 1 aliphatic rings. The lowest BCUT2D eigenvalue weighted by Crippen LogP contribution is -2.31. The molecule has 0 unspecified atom stereocenters. The molecule has 4 nitrogen and oxygen atoms in total. The molecule has 1 aliphatic heterocycles. The third-order valence-corrected chi connectivity index (χ3v) is 8.67. The number of thioether (sulfide) groups is 1. The maximum absolute atomic E-state index is 13.8. The van der Waals surface area contributed by atoms with Gasteiger partial charge in [0.2, 0.25) is 0 Å². The number of carbonyl (C=O) groups excluding carboxylic acids is 1. The number of nitrogens with zero attached hydrogens (tertiary/aromatic N) is 3. The molecule has 41 heavy (non-hydrogen) atoms. The normalized spacial score (nSPS) is 15.5. The number of carbonyl (C=O) groups is 1. The van der Waals surface area contributed by atoms with Crippen molar-refractivity contribution in [3.05, 3.63) is 140 Å². The maximum atomic E-state index is 13.8. The zero-order chi connectivity index (χ0) is 28.3. The second kappa shape index (κ2) is 12.0. The second-order valence-electron chi connectivity index (χ2n) is 10.00. The summed E-state index contributed by atoms with van der Waals surface area (Å²) in [5.41, 5.74) is 6.19. The highest BCUT2D eigenvalue weighted by Crippen LogP contribution is 2.36. The SMILES string of the molecule is Cc1ccc(N=C2S/C(=C/c3cn(Cc4ccc(Cl)cc4Cl)c4ccccc34)C(=O)N2CCc2ccccc2)cc1. The Balaban J connectivity index is 1.35. The molecule has 0 aliphatic carbocycles. The van der Waals surface area contributed by atoms with Crippen molar-refractivity contribution in [1.82, 2.24) is 9.47 Å². The van der Waals surface area contributed by atoms with E-state index >= 15 is 0 Å². The van der Waals surface area contributed by atoms with E-state index in [0.717, 1.165) is 34.1 Å². The lowest BCUT2D eigenvalue weighted by atomic mass is 10.1. The van der Waals surface area contributed by atoms with Gasteiger partial charge in [-0.1, -0.05) is 95.5 Å². The Morgan fingerprint density at radius 1 is 0.902 bits per heavy atom. The van der Waals surface area contributed by atoms with Crippen LogP contribution in [-0.2, 0) is 17.8 Å². The Kier molecular flexibility index (Phi) is 8.02. The van der Waals surface area contributed by atoms with Gasteiger partial charge in [-0.05, 0) is 72.6 Å². The fourth-order valence-electron chi connectivity index (χ4n) is 4.90. The zero-order valence-electron chi connectivity index (χ0n) is 22.4. The molecule has 0 atom stereocenters. The minimum absolute atomic E-state index is 0.0330. The Hall–Kier alpha value is -3.77. The smallest absolute Gasteiger partial charge is 0.266 e. The van der Waals surface area contributed by atoms with Gasteiger partial charge in [0.15, 0.2) is 5.17 Å². The van der Waals surface area contributed by atoms with E-state index in [1.165, 1.54) is 22.9 Å². The molecule has 0 radical (unpaired) electrons. The van der Waals surface area contributed by atoms with E-state index in [9.17, 15) is 4.79 Å². The summed E-state index contributed by atoms with van der Waals surface area (Å²) in [6.45, 7) is 3.19. The predicted molar refractivity (Wildman–Crippen MR) is 173 cm³/mol. The van der Waals surface area contributed by atoms with Crippen molar-refractivity contribution >= 4 is 68.7 Å². The number of aryl methyl sites for hydroxylation is 1. The highest BCUT2D eigenvalue weighted by Gasteiger charge is 2.33. The number of hydrogen-bond acceptors (Lipinski definition) is 3. The molecule has 4 aromatic carbocycles. The van der Waals surface area contributed by atoms with Crippen LogP contribution < -0.4 is 0 Å². The molecule has 1 fully saturated rings. The van der Waals surface area contributed by atoms with Gasteiger partial charge in [-0.3, -0.25) is 9.69 Å². The Labute approximate surface area is 253 Å². The number of aliphatic imine (C=N–C) groups is 1. The van der Waals surface area contributed by atoms with Crippen LogP contribution in [0.15, 0.2) is 113 Å². The first-order valence-corrected chi connectivity index (χ1v) is 14.9. The largest absolute Gasteiger partial charge is 0.342 e. The standard InChI is InChI=1S/C34H27Cl2N3OS/c1-23-11-15-28(16-12-23)37-34-39(18-17-24-7-3-2-4-8-24)33(40)32(41-34)19-26-22-38(31-10-6-5-9-29(26)31)21-25-13-14-27(35)20-30(25)36/h2-16,19-20,22H,17-18,21H2,1H3/b32-19+,37-34?. The summed E-state index contributed by atoms with van der Waals surface area (Å²) in [5, 5.41) is 3.00. The van der Waals surface area contributed by atoms with Crippen molar-refractivity contribution in [1.29, 1.82) is 0 Å². The number of benzene rings is 4. The number of fused-ring (bicyclic) bond motifs is 1. The third-order valence-electron chi connectivity index (χ3n) is 7.08. The minimum Gasteiger partial charge on any atom is -0.342 e. The van der Waals surface area contributed by atoms with Crippen LogP contribution >= 0.6 is 35.0 Å². The van der Waals surface area contributed by atoms with Crippen LogP contribution in [0.4, 0.5) is 5.69 Å². The van der Waals surface area contributed by atoms with E-state index < -0.39 is 0 Å². The molecule has 0 bridgehead atoms. The number of rotatable bonds is 7. The van der Waals surface area contributed by atoms with E-state index in [1.807, 2.05) is 72.8 Å². The molecule has 0 spiro atoms. The molecule has 1 aromatic heterocycles. The number of hydrogen-bond donors (Lipinski definition) is 0. The molecule has 1 saturated heterocycles. The van der Waals surface area contributed by atoms with Crippen molar-refractivity contribution in [2.45, 2.75) is 19.9 Å². The van der Waals surface area contributed by atoms with Gasteiger partial charge in [0.25, 0.3) is 5.91 Å². The summed E-state index contributed by atoms with van der Waals surface area (Å²) in [4.78, 5) is 21.2. The number of amidine groups is 1. The Morgan fingerprint density at radius 3 is 2.44 bits per heavy atom. The van der Waals surface area contributed by atoms with Crippen LogP contribution in [0.5, 0.6) is 0 Å². The number of amides is 1. The zero-order valence-corrected chi connectivity index (χ0v) is 24.8. The highest BCUT2D eigenvalue weighted by molar-refractivity contribution is 8.18. The predicted octanol–water partition coefficient (Wildman–Crippen LogP) is 9.15.